The van der Waals surface area contributed by atoms with Gasteiger partial charge in [-0.25, -0.2) is 8.42 Å². The molecule has 0 spiro atoms. The number of piperidine rings is 1. The summed E-state index contributed by atoms with van der Waals surface area (Å²) in [4.78, 5) is 30.9. The smallest absolute Gasteiger partial charge is 0.254 e. The van der Waals surface area contributed by atoms with Crippen LogP contribution in [0.3, 0.4) is 0 Å². The van der Waals surface area contributed by atoms with E-state index in [0.29, 0.717) is 29.2 Å². The normalized spacial score (nSPS) is 17.7. The summed E-state index contributed by atoms with van der Waals surface area (Å²) in [6, 6.07) is 3.03. The van der Waals surface area contributed by atoms with E-state index in [1.54, 1.807) is 16.3 Å². The van der Waals surface area contributed by atoms with Crippen LogP contribution in [-0.2, 0) is 9.84 Å². The first-order chi connectivity index (χ1) is 12.7. The number of sulfone groups is 1. The largest absolute Gasteiger partial charge is 0.338 e. The van der Waals surface area contributed by atoms with Crippen LogP contribution in [0.15, 0.2) is 28.6 Å². The predicted molar refractivity (Wildman–Crippen MR) is 105 cm³/mol. The summed E-state index contributed by atoms with van der Waals surface area (Å²) in [7, 11) is -3.49. The summed E-state index contributed by atoms with van der Waals surface area (Å²) in [5.74, 6) is -0.410. The van der Waals surface area contributed by atoms with E-state index in [1.807, 2.05) is 0 Å². The van der Waals surface area contributed by atoms with Gasteiger partial charge in [0.25, 0.3) is 5.91 Å². The number of Topliss-reactive ketones (excluding diaryl/α,β-unsaturated/α-hetero) is 1. The molecule has 1 atom stereocenters. The lowest BCUT2D eigenvalue weighted by Crippen LogP contribution is -2.39. The van der Waals surface area contributed by atoms with Gasteiger partial charge in [-0.3, -0.25) is 14.6 Å². The molecule has 2 aromatic rings. The van der Waals surface area contributed by atoms with Crippen molar-refractivity contribution in [3.8, 4) is 0 Å². The summed E-state index contributed by atoms with van der Waals surface area (Å²) in [6.07, 6.45) is 4.05. The number of amides is 1. The number of hydrogen-bond donors (Lipinski definition) is 0. The van der Waals surface area contributed by atoms with Crippen LogP contribution in [0.4, 0.5) is 0 Å². The average Bonchev–Trinajstić information content (AvgIpc) is 3.11. The Morgan fingerprint density at radius 2 is 2.07 bits per heavy atom. The number of carbonyl (C=O) groups excluding carboxylic acids is 2. The van der Waals surface area contributed by atoms with Crippen LogP contribution >= 0.6 is 22.9 Å². The highest BCUT2D eigenvalue weighted by molar-refractivity contribution is 7.90. The van der Waals surface area contributed by atoms with Gasteiger partial charge in [0.15, 0.2) is 15.6 Å². The topological polar surface area (TPSA) is 84.4 Å². The highest BCUT2D eigenvalue weighted by atomic mass is 35.5. The van der Waals surface area contributed by atoms with Crippen LogP contribution in [0.25, 0.3) is 0 Å². The minimum absolute atomic E-state index is 0.0706. The molecule has 0 bridgehead atoms. The second kappa shape index (κ2) is 7.69. The van der Waals surface area contributed by atoms with Crippen molar-refractivity contribution in [3.63, 3.8) is 0 Å². The van der Waals surface area contributed by atoms with Crippen molar-refractivity contribution in [3.05, 3.63) is 44.9 Å². The molecule has 1 aliphatic rings. The number of ketones is 1. The van der Waals surface area contributed by atoms with E-state index in [0.717, 1.165) is 19.1 Å². The monoisotopic (exact) mass is 426 g/mol. The van der Waals surface area contributed by atoms with Gasteiger partial charge in [-0.1, -0.05) is 11.6 Å². The van der Waals surface area contributed by atoms with Crippen molar-refractivity contribution in [2.24, 2.45) is 0 Å². The van der Waals surface area contributed by atoms with Crippen molar-refractivity contribution < 1.29 is 18.0 Å². The number of aromatic nitrogens is 1. The molecule has 144 valence electrons. The van der Waals surface area contributed by atoms with E-state index in [9.17, 15) is 18.0 Å². The third-order valence-corrected chi connectivity index (χ3v) is 6.90. The van der Waals surface area contributed by atoms with Crippen LogP contribution in [0, 0.1) is 0 Å². The van der Waals surface area contributed by atoms with Crippen molar-refractivity contribution in [2.45, 2.75) is 30.6 Å². The van der Waals surface area contributed by atoms with Crippen LogP contribution in [0.1, 0.15) is 51.4 Å². The maximum Gasteiger partial charge on any atom is 0.254 e. The third-order valence-electron chi connectivity index (χ3n) is 4.54. The Kier molecular flexibility index (Phi) is 5.69. The molecule has 1 fully saturated rings. The number of hydrogen-bond acceptors (Lipinski definition) is 6. The highest BCUT2D eigenvalue weighted by Gasteiger charge is 2.30. The molecule has 0 N–H and O–H groups in total. The maximum atomic E-state index is 12.8. The number of pyridine rings is 1. The standard InChI is InChI=1S/C18H19ClN2O4S2/c1-11(22)15-6-13(10-26-15)18(23)21-5-3-4-12(9-21)17-16(27(2,24)25)7-14(19)8-20-17/h6-8,10,12H,3-5,9H2,1-2H3. The minimum Gasteiger partial charge on any atom is -0.338 e. The summed E-state index contributed by atoms with van der Waals surface area (Å²) in [5.41, 5.74) is 0.937. The molecule has 6 nitrogen and oxygen atoms in total. The molecule has 1 saturated heterocycles. The van der Waals surface area contributed by atoms with E-state index < -0.39 is 9.84 Å². The summed E-state index contributed by atoms with van der Waals surface area (Å²) in [5, 5.41) is 1.95. The zero-order valence-corrected chi connectivity index (χ0v) is 17.3. The fraction of sp³-hybridized carbons (Fsp3) is 0.389. The van der Waals surface area contributed by atoms with Gasteiger partial charge in [0.2, 0.25) is 0 Å². The Morgan fingerprint density at radius 3 is 2.70 bits per heavy atom. The minimum atomic E-state index is -3.49. The SMILES string of the molecule is CC(=O)c1cc(C(=O)N2CCCC(c3ncc(Cl)cc3S(C)(=O)=O)C2)cs1. The quantitative estimate of drug-likeness (QED) is 0.699. The number of halogens is 1. The Labute approximate surface area is 167 Å². The first-order valence-corrected chi connectivity index (χ1v) is 11.6. The van der Waals surface area contributed by atoms with Crippen molar-refractivity contribution in [1.82, 2.24) is 9.88 Å². The van der Waals surface area contributed by atoms with Gasteiger partial charge in [-0.2, -0.15) is 0 Å². The van der Waals surface area contributed by atoms with E-state index in [2.05, 4.69) is 4.98 Å². The van der Waals surface area contributed by atoms with Crippen LogP contribution in [0.2, 0.25) is 5.02 Å². The van der Waals surface area contributed by atoms with Gasteiger partial charge in [0.1, 0.15) is 0 Å². The highest BCUT2D eigenvalue weighted by Crippen LogP contribution is 2.32. The molecular weight excluding hydrogens is 408 g/mol. The van der Waals surface area contributed by atoms with Crippen LogP contribution in [-0.4, -0.2) is 49.3 Å². The number of likely N-dealkylation sites (tertiary alicyclic amines) is 1. The lowest BCUT2D eigenvalue weighted by Gasteiger charge is -2.33. The lowest BCUT2D eigenvalue weighted by atomic mass is 9.94. The molecule has 3 rings (SSSR count). The van der Waals surface area contributed by atoms with Gasteiger partial charge in [-0.05, 0) is 31.9 Å². The first kappa shape index (κ1) is 20.0. The number of nitrogens with zero attached hydrogens (tertiary/aromatic N) is 2. The molecule has 1 amide bonds. The molecule has 2 aromatic heterocycles. The molecule has 3 heterocycles. The number of rotatable bonds is 4. The molecule has 1 unspecified atom stereocenters. The van der Waals surface area contributed by atoms with Crippen LogP contribution in [0.5, 0.6) is 0 Å². The predicted octanol–water partition coefficient (Wildman–Crippen LogP) is 3.42. The zero-order chi connectivity index (χ0) is 19.8. The second-order valence-electron chi connectivity index (χ2n) is 6.66. The molecule has 0 aromatic carbocycles. The molecule has 27 heavy (non-hydrogen) atoms. The Hall–Kier alpha value is -1.77. The fourth-order valence-electron chi connectivity index (χ4n) is 3.24. The molecule has 1 aliphatic heterocycles. The van der Waals surface area contributed by atoms with Gasteiger partial charge >= 0.3 is 0 Å². The Bertz CT molecular complexity index is 1000. The second-order valence-corrected chi connectivity index (χ2v) is 9.99. The fourth-order valence-corrected chi connectivity index (χ4v) is 5.18. The van der Waals surface area contributed by atoms with Crippen LogP contribution < -0.4 is 0 Å². The van der Waals surface area contributed by atoms with E-state index in [4.69, 9.17) is 11.6 Å². The first-order valence-electron chi connectivity index (χ1n) is 8.41. The lowest BCUT2D eigenvalue weighted by molar-refractivity contribution is 0.0705. The van der Waals surface area contributed by atoms with Crippen molar-refractivity contribution in [2.75, 3.05) is 19.3 Å². The van der Waals surface area contributed by atoms with Gasteiger partial charge in [0.05, 0.1) is 26.1 Å². The third kappa shape index (κ3) is 4.39. The Balaban J connectivity index is 1.86. The average molecular weight is 427 g/mol. The van der Waals surface area contributed by atoms with E-state index in [1.165, 1.54) is 30.5 Å². The van der Waals surface area contributed by atoms with Crippen molar-refractivity contribution >= 4 is 44.5 Å². The van der Waals surface area contributed by atoms with Gasteiger partial charge in [0, 0.05) is 36.8 Å². The van der Waals surface area contributed by atoms with E-state index >= 15 is 0 Å². The Morgan fingerprint density at radius 1 is 1.33 bits per heavy atom. The number of carbonyl (C=O) groups is 2. The number of thiophene rings is 1. The van der Waals surface area contributed by atoms with Gasteiger partial charge < -0.3 is 4.90 Å². The maximum absolute atomic E-state index is 12.8. The van der Waals surface area contributed by atoms with Crippen molar-refractivity contribution in [1.29, 1.82) is 0 Å². The summed E-state index contributed by atoms with van der Waals surface area (Å²) >= 11 is 7.18. The molecule has 0 aliphatic carbocycles. The zero-order valence-electron chi connectivity index (χ0n) is 14.9. The summed E-state index contributed by atoms with van der Waals surface area (Å²) in [6.45, 7) is 2.43. The molecule has 0 radical (unpaired) electrons. The molecule has 9 heteroatoms. The van der Waals surface area contributed by atoms with Gasteiger partial charge in [-0.15, -0.1) is 11.3 Å². The molecule has 0 saturated carbocycles. The summed E-state index contributed by atoms with van der Waals surface area (Å²) < 4.78 is 24.3. The van der Waals surface area contributed by atoms with E-state index in [-0.39, 0.29) is 27.5 Å². The molecular formula is C18H19ClN2O4S2.